The van der Waals surface area contributed by atoms with Crippen LogP contribution in [0, 0.1) is 0 Å². The van der Waals surface area contributed by atoms with Gasteiger partial charge in [0.15, 0.2) is 5.78 Å². The van der Waals surface area contributed by atoms with Crippen LogP contribution in [-0.2, 0) is 0 Å². The highest BCUT2D eigenvalue weighted by atomic mass is 16.1. The molecule has 21 heavy (non-hydrogen) atoms. The van der Waals surface area contributed by atoms with Crippen molar-refractivity contribution in [1.82, 2.24) is 9.97 Å². The van der Waals surface area contributed by atoms with Crippen molar-refractivity contribution in [3.05, 3.63) is 48.4 Å². The van der Waals surface area contributed by atoms with Crippen LogP contribution in [0.1, 0.15) is 17.3 Å². The maximum atomic E-state index is 11.3. The number of anilines is 2. The van der Waals surface area contributed by atoms with Crippen LogP contribution in [0.4, 0.5) is 11.5 Å². The Morgan fingerprint density at radius 1 is 1.00 bits per heavy atom. The Bertz CT molecular complexity index is 604. The van der Waals surface area contributed by atoms with Crippen molar-refractivity contribution in [2.45, 2.75) is 6.92 Å². The van der Waals surface area contributed by atoms with E-state index < -0.39 is 0 Å². The van der Waals surface area contributed by atoms with Gasteiger partial charge in [0.2, 0.25) is 0 Å². The normalized spacial score (nSPS) is 15.1. The van der Waals surface area contributed by atoms with Crippen molar-refractivity contribution in [2.75, 3.05) is 36.0 Å². The fourth-order valence-electron chi connectivity index (χ4n) is 2.56. The quantitative estimate of drug-likeness (QED) is 0.806. The molecule has 0 amide bonds. The molecule has 1 aliphatic heterocycles. The predicted octanol–water partition coefficient (Wildman–Crippen LogP) is 2.01. The zero-order valence-corrected chi connectivity index (χ0v) is 12.1. The molecular weight excluding hydrogens is 264 g/mol. The number of nitrogens with zero attached hydrogens (tertiary/aromatic N) is 4. The van der Waals surface area contributed by atoms with Crippen LogP contribution in [0.2, 0.25) is 0 Å². The summed E-state index contributed by atoms with van der Waals surface area (Å²) in [6.45, 7) is 5.32. The average molecular weight is 282 g/mol. The summed E-state index contributed by atoms with van der Waals surface area (Å²) < 4.78 is 0. The van der Waals surface area contributed by atoms with Crippen LogP contribution in [0.15, 0.2) is 42.9 Å². The number of hydrogen-bond donors (Lipinski definition) is 0. The van der Waals surface area contributed by atoms with E-state index in [1.807, 2.05) is 24.3 Å². The Kier molecular flexibility index (Phi) is 3.81. The second-order valence-corrected chi connectivity index (χ2v) is 5.14. The summed E-state index contributed by atoms with van der Waals surface area (Å²) in [7, 11) is 0. The van der Waals surface area contributed by atoms with Crippen molar-refractivity contribution in [1.29, 1.82) is 0 Å². The maximum Gasteiger partial charge on any atom is 0.159 e. The summed E-state index contributed by atoms with van der Waals surface area (Å²) in [5.41, 5.74) is 1.93. The monoisotopic (exact) mass is 282 g/mol. The molecule has 0 atom stereocenters. The Morgan fingerprint density at radius 3 is 2.24 bits per heavy atom. The zero-order chi connectivity index (χ0) is 14.7. The molecule has 2 heterocycles. The van der Waals surface area contributed by atoms with Crippen molar-refractivity contribution in [2.24, 2.45) is 0 Å². The third-order valence-corrected chi connectivity index (χ3v) is 3.79. The van der Waals surface area contributed by atoms with Gasteiger partial charge in [-0.15, -0.1) is 0 Å². The topological polar surface area (TPSA) is 49.3 Å². The lowest BCUT2D eigenvalue weighted by Gasteiger charge is -2.36. The summed E-state index contributed by atoms with van der Waals surface area (Å²) in [5, 5.41) is 0. The molecule has 0 N–H and O–H groups in total. The lowest BCUT2D eigenvalue weighted by Crippen LogP contribution is -2.46. The fraction of sp³-hybridized carbons (Fsp3) is 0.312. The SMILES string of the molecule is CC(=O)c1ccc(N2CCN(c3cnccn3)CC2)cc1. The number of piperazine rings is 1. The highest BCUT2D eigenvalue weighted by Crippen LogP contribution is 2.19. The van der Waals surface area contributed by atoms with Crippen molar-refractivity contribution >= 4 is 17.3 Å². The summed E-state index contributed by atoms with van der Waals surface area (Å²) >= 11 is 0. The highest BCUT2D eigenvalue weighted by Gasteiger charge is 2.18. The molecule has 0 aliphatic carbocycles. The smallest absolute Gasteiger partial charge is 0.159 e. The molecule has 1 aromatic carbocycles. The lowest BCUT2D eigenvalue weighted by atomic mass is 10.1. The molecule has 1 aliphatic rings. The average Bonchev–Trinajstić information content (AvgIpc) is 2.56. The van der Waals surface area contributed by atoms with Gasteiger partial charge in [-0.2, -0.15) is 0 Å². The molecule has 0 bridgehead atoms. The Hall–Kier alpha value is -2.43. The van der Waals surface area contributed by atoms with Gasteiger partial charge in [0.1, 0.15) is 5.82 Å². The van der Waals surface area contributed by atoms with Gasteiger partial charge in [0.05, 0.1) is 6.20 Å². The predicted molar refractivity (Wildman–Crippen MR) is 82.9 cm³/mol. The van der Waals surface area contributed by atoms with Gasteiger partial charge in [-0.05, 0) is 31.2 Å². The van der Waals surface area contributed by atoms with Gasteiger partial charge in [-0.3, -0.25) is 9.78 Å². The number of rotatable bonds is 3. The molecule has 108 valence electrons. The molecule has 1 fully saturated rings. The molecule has 0 saturated carbocycles. The number of ketones is 1. The van der Waals surface area contributed by atoms with Crippen molar-refractivity contribution < 1.29 is 4.79 Å². The number of aromatic nitrogens is 2. The van der Waals surface area contributed by atoms with Crippen LogP contribution >= 0.6 is 0 Å². The van der Waals surface area contributed by atoms with E-state index >= 15 is 0 Å². The molecular formula is C16H18N4O. The van der Waals surface area contributed by atoms with Gasteiger partial charge >= 0.3 is 0 Å². The van der Waals surface area contributed by atoms with E-state index in [-0.39, 0.29) is 5.78 Å². The zero-order valence-electron chi connectivity index (χ0n) is 12.1. The summed E-state index contributed by atoms with van der Waals surface area (Å²) in [4.78, 5) is 24.3. The number of carbonyl (C=O) groups is 1. The third-order valence-electron chi connectivity index (χ3n) is 3.79. The largest absolute Gasteiger partial charge is 0.368 e. The number of carbonyl (C=O) groups excluding carboxylic acids is 1. The Morgan fingerprint density at radius 2 is 1.67 bits per heavy atom. The first-order valence-corrected chi connectivity index (χ1v) is 7.11. The van der Waals surface area contributed by atoms with Crippen LogP contribution in [0.25, 0.3) is 0 Å². The van der Waals surface area contributed by atoms with Gasteiger partial charge < -0.3 is 9.80 Å². The molecule has 0 spiro atoms. The van der Waals surface area contributed by atoms with Crippen LogP contribution in [-0.4, -0.2) is 41.9 Å². The van der Waals surface area contributed by atoms with E-state index in [0.717, 1.165) is 37.6 Å². The van der Waals surface area contributed by atoms with Crippen LogP contribution < -0.4 is 9.80 Å². The van der Waals surface area contributed by atoms with E-state index in [2.05, 4.69) is 19.8 Å². The number of hydrogen-bond acceptors (Lipinski definition) is 5. The van der Waals surface area contributed by atoms with E-state index in [9.17, 15) is 4.79 Å². The molecule has 3 rings (SSSR count). The Balaban J connectivity index is 1.64. The fourth-order valence-corrected chi connectivity index (χ4v) is 2.56. The molecule has 0 unspecified atom stereocenters. The molecule has 1 saturated heterocycles. The van der Waals surface area contributed by atoms with Crippen molar-refractivity contribution in [3.8, 4) is 0 Å². The second kappa shape index (κ2) is 5.91. The maximum absolute atomic E-state index is 11.3. The van der Waals surface area contributed by atoms with Crippen LogP contribution in [0.3, 0.4) is 0 Å². The number of Topliss-reactive ketones (excluding diaryl/α,β-unsaturated/α-hetero) is 1. The first-order valence-electron chi connectivity index (χ1n) is 7.11. The van der Waals surface area contributed by atoms with Gasteiger partial charge in [0, 0.05) is 49.8 Å². The van der Waals surface area contributed by atoms with E-state index in [1.54, 1.807) is 25.5 Å². The summed E-state index contributed by atoms with van der Waals surface area (Å²) in [6.07, 6.45) is 5.22. The molecule has 5 nitrogen and oxygen atoms in total. The van der Waals surface area contributed by atoms with E-state index in [4.69, 9.17) is 0 Å². The lowest BCUT2D eigenvalue weighted by molar-refractivity contribution is 0.101. The first kappa shape index (κ1) is 13.5. The van der Waals surface area contributed by atoms with Crippen LogP contribution in [0.5, 0.6) is 0 Å². The molecule has 2 aromatic rings. The van der Waals surface area contributed by atoms with E-state index in [1.165, 1.54) is 5.69 Å². The van der Waals surface area contributed by atoms with E-state index in [0.29, 0.717) is 0 Å². The van der Waals surface area contributed by atoms with Gasteiger partial charge in [-0.25, -0.2) is 4.98 Å². The molecule has 0 radical (unpaired) electrons. The second-order valence-electron chi connectivity index (χ2n) is 5.14. The minimum atomic E-state index is 0.106. The van der Waals surface area contributed by atoms with Gasteiger partial charge in [-0.1, -0.05) is 0 Å². The summed E-state index contributed by atoms with van der Waals surface area (Å²) in [5.74, 6) is 1.04. The summed E-state index contributed by atoms with van der Waals surface area (Å²) in [6, 6.07) is 7.84. The Labute approximate surface area is 124 Å². The minimum absolute atomic E-state index is 0.106. The highest BCUT2D eigenvalue weighted by molar-refractivity contribution is 5.94. The molecule has 5 heteroatoms. The standard InChI is InChI=1S/C16H18N4O/c1-13(21)14-2-4-15(5-3-14)19-8-10-20(11-9-19)16-12-17-6-7-18-16/h2-7,12H,8-11H2,1H3. The number of benzene rings is 1. The van der Waals surface area contributed by atoms with Gasteiger partial charge in [0.25, 0.3) is 0 Å². The molecule has 1 aromatic heterocycles. The third kappa shape index (κ3) is 3.02. The first-order chi connectivity index (χ1) is 10.2. The van der Waals surface area contributed by atoms with Crippen molar-refractivity contribution in [3.63, 3.8) is 0 Å². The minimum Gasteiger partial charge on any atom is -0.368 e.